The second kappa shape index (κ2) is 28.2. The molecule has 2 aromatic rings. The van der Waals surface area contributed by atoms with Crippen LogP contribution < -0.4 is 32.3 Å². The normalized spacial score (nSPS) is 22.6. The number of rotatable bonds is 31. The van der Waals surface area contributed by atoms with Crippen LogP contribution in [0.15, 0.2) is 24.7 Å². The number of phosphoric acid groups is 3. The van der Waals surface area contributed by atoms with E-state index in [1.165, 1.54) is 32.4 Å². The third-order valence-electron chi connectivity index (χ3n) is 11.6. The van der Waals surface area contributed by atoms with Gasteiger partial charge in [0.25, 0.3) is 0 Å². The number of carboxylic acids is 3. The number of hydrogen-bond acceptors (Lipinski definition) is 22. The number of thioether (sulfide) groups is 1. The Morgan fingerprint density at radius 2 is 1.65 bits per heavy atom. The summed E-state index contributed by atoms with van der Waals surface area (Å²) in [5.41, 5.74) is 7.50. The first-order valence-electron chi connectivity index (χ1n) is 23.4. The summed E-state index contributed by atoms with van der Waals surface area (Å²) in [7, 11) is -14.3. The average molecular weight is 1230 g/mol. The zero-order valence-corrected chi connectivity index (χ0v) is 46.9. The summed E-state index contributed by atoms with van der Waals surface area (Å²) >= 11 is 1.62. The predicted molar refractivity (Wildman–Crippen MR) is 279 cm³/mol. The molecule has 0 bridgehead atoms. The van der Waals surface area contributed by atoms with Crippen LogP contribution >= 0.6 is 56.8 Å². The van der Waals surface area contributed by atoms with Crippen molar-refractivity contribution in [1.29, 1.82) is 0 Å². The zero-order valence-electron chi connectivity index (χ0n) is 41.7. The molecule has 15 N–H and O–H groups in total. The molecule has 32 nitrogen and oxygen atoms in total. The number of phosphoric ester groups is 1. The summed E-state index contributed by atoms with van der Waals surface area (Å²) in [6.07, 6.45) is -2.44. The van der Waals surface area contributed by atoms with E-state index in [9.17, 15) is 72.4 Å². The first-order chi connectivity index (χ1) is 36.8. The van der Waals surface area contributed by atoms with Crippen LogP contribution in [0.25, 0.3) is 11.0 Å². The Labute approximate surface area is 461 Å². The van der Waals surface area contributed by atoms with Gasteiger partial charge in [-0.3, -0.25) is 28.5 Å². The number of aliphatic hydroxyl groups excluding tert-OH is 1. The smallest absolute Gasteiger partial charge is 0.481 e. The average Bonchev–Trinajstić information content (AvgIpc) is 4.20. The Hall–Kier alpha value is -4.85. The molecule has 0 radical (unpaired) electrons. The van der Waals surface area contributed by atoms with E-state index in [-0.39, 0.29) is 73.1 Å². The molecular formula is C41H58N9O23P3S3. The highest BCUT2D eigenvalue weighted by molar-refractivity contribution is 8.77. The van der Waals surface area contributed by atoms with Crippen molar-refractivity contribution in [2.45, 2.75) is 124 Å². The molecule has 3 aliphatic rings. The third-order valence-corrected chi connectivity index (χ3v) is 20.0. The van der Waals surface area contributed by atoms with Crippen LogP contribution in [0.5, 0.6) is 0 Å². The molecule has 5 heterocycles. The molecular weight excluding hydrogens is 1180 g/mol. The highest BCUT2D eigenvalue weighted by Gasteiger charge is 2.45. The van der Waals surface area contributed by atoms with Crippen molar-refractivity contribution in [3.63, 3.8) is 0 Å². The van der Waals surface area contributed by atoms with Gasteiger partial charge >= 0.3 is 47.4 Å². The highest BCUT2D eigenvalue weighted by Crippen LogP contribution is 2.66. The van der Waals surface area contributed by atoms with Gasteiger partial charge in [-0.1, -0.05) is 45.6 Å². The van der Waals surface area contributed by atoms with E-state index < -0.39 is 120 Å². The molecule has 38 heteroatoms. The number of nitrogen functional groups attached to an aromatic ring is 1. The summed E-state index contributed by atoms with van der Waals surface area (Å²) in [5, 5.41) is 51.6. The van der Waals surface area contributed by atoms with E-state index in [0.29, 0.717) is 29.5 Å². The van der Waals surface area contributed by atoms with Crippen molar-refractivity contribution in [3.05, 3.63) is 30.2 Å². The molecule has 11 atom stereocenters. The molecule has 5 amide bonds. The SMILES string of the molecule is C=C(CCCC(=O)NC(CCC(C)(C)SSCOCC#Cc1cn(C2CC(O)C(COP(=O)(O)OP(=O)(O)OP(=O)(O)O)O2)c2ncnc(N)c12)C(=O)NC(CC(=O)O)C(=O)NC(CC(=O)O)C(=O)O)[C@@H]1SC[C@@H]2NC(=O)N[C@@H]21. The molecule has 79 heavy (non-hydrogen) atoms. The second-order valence-corrected chi connectivity index (χ2v) is 26.8. The molecule has 0 aromatic carbocycles. The highest BCUT2D eigenvalue weighted by atomic mass is 33.1. The van der Waals surface area contributed by atoms with Crippen molar-refractivity contribution in [2.24, 2.45) is 0 Å². The molecule has 2 aromatic heterocycles. The number of aliphatic hydroxyl groups is 1. The minimum absolute atomic E-state index is 0.0240. The lowest BCUT2D eigenvalue weighted by Crippen LogP contribution is -2.56. The summed E-state index contributed by atoms with van der Waals surface area (Å²) in [6, 6.07) is -5.64. The van der Waals surface area contributed by atoms with E-state index in [2.05, 4.69) is 62.8 Å². The van der Waals surface area contributed by atoms with Gasteiger partial charge in [-0.25, -0.2) is 33.3 Å². The number of carbonyl (C=O) groups excluding carboxylic acids is 4. The number of fused-ring (bicyclic) bond motifs is 2. The van der Waals surface area contributed by atoms with Gasteiger partial charge in [-0.15, -0.1) is 11.8 Å². The molecule has 8 unspecified atom stereocenters. The maximum atomic E-state index is 13.8. The van der Waals surface area contributed by atoms with Gasteiger partial charge < -0.3 is 86.4 Å². The number of hydrogen-bond donors (Lipinski definition) is 14. The maximum Gasteiger partial charge on any atom is 0.490 e. The van der Waals surface area contributed by atoms with Crippen molar-refractivity contribution >= 4 is 115 Å². The lowest BCUT2D eigenvalue weighted by Gasteiger charge is -2.27. The second-order valence-electron chi connectivity index (χ2n) is 18.3. The Morgan fingerprint density at radius 1 is 0.975 bits per heavy atom. The molecule has 3 aliphatic heterocycles. The Balaban J connectivity index is 1.17. The first kappa shape index (κ1) is 65.0. The van der Waals surface area contributed by atoms with E-state index in [0.717, 1.165) is 11.9 Å². The minimum Gasteiger partial charge on any atom is -0.481 e. The number of urea groups is 1. The number of nitrogens with zero attached hydrogens (tertiary/aromatic N) is 3. The van der Waals surface area contributed by atoms with Crippen molar-refractivity contribution < 1.29 is 110 Å². The summed E-state index contributed by atoms with van der Waals surface area (Å²) in [6.45, 7) is 6.81. The summed E-state index contributed by atoms with van der Waals surface area (Å²) in [5.74, 6) is -1.10. The zero-order chi connectivity index (χ0) is 58.6. The van der Waals surface area contributed by atoms with Gasteiger partial charge in [0.1, 0.15) is 60.8 Å². The number of nitrogens with one attached hydrogen (secondary N) is 5. The molecule has 0 saturated carbocycles. The molecule has 0 spiro atoms. The van der Waals surface area contributed by atoms with E-state index in [1.807, 2.05) is 19.2 Å². The van der Waals surface area contributed by atoms with Crippen molar-refractivity contribution in [3.8, 4) is 11.8 Å². The number of carbonyl (C=O) groups is 7. The molecule has 0 aliphatic carbocycles. The number of aliphatic carboxylic acids is 3. The Bertz CT molecular complexity index is 2850. The van der Waals surface area contributed by atoms with Crippen LogP contribution in [0.4, 0.5) is 10.6 Å². The number of amides is 5. The fourth-order valence-electron chi connectivity index (χ4n) is 8.03. The van der Waals surface area contributed by atoms with Gasteiger partial charge in [0.15, 0.2) is 0 Å². The monoisotopic (exact) mass is 1230 g/mol. The van der Waals surface area contributed by atoms with E-state index in [4.69, 9.17) is 30.1 Å². The molecule has 3 fully saturated rings. The third kappa shape index (κ3) is 20.3. The van der Waals surface area contributed by atoms with Crippen LogP contribution in [0.3, 0.4) is 0 Å². The fourth-order valence-corrected chi connectivity index (χ4v) is 14.9. The van der Waals surface area contributed by atoms with Crippen LogP contribution in [0, 0.1) is 11.8 Å². The summed E-state index contributed by atoms with van der Waals surface area (Å²) < 4.78 is 59.2. The standard InChI is InChI=1S/C41H58N9O23P3S3/c1-20(34-33-25(17-77-34)48-40(61)49-33)6-4-8-28(52)45-22(37(57)46-23(12-30(53)54)38(58)47-24(39(59)60)13-31(55)56)9-10-41(2,3)79-78-19-69-11-5-7-21-15-50(36-32(21)35(42)43-18-44-36)29-14-26(51)27(71-29)16-70-75(65,66)73-76(67,68)72-74(62,63)64/h15,18,22-27,29,33-34,51H,1,4,6,8-14,16-17,19H2,2-3H3,(H,45,52)(H,46,57)(H,47,58)(H,53,54)(H,55,56)(H,59,60)(H,65,66)(H,67,68)(H2,42,43,44)(H2,48,49,61)(H2,62,63,64)/t22?,23?,24?,25-,26?,27?,29?,33-,34-/m0/s1. The van der Waals surface area contributed by atoms with Gasteiger partial charge in [-0.2, -0.15) is 8.62 Å². The van der Waals surface area contributed by atoms with Gasteiger partial charge in [0, 0.05) is 34.8 Å². The fraction of sp³-hybridized carbons (Fsp3) is 0.585. The van der Waals surface area contributed by atoms with Gasteiger partial charge in [0.05, 0.1) is 48.6 Å². The maximum absolute atomic E-state index is 13.8. The number of aromatic nitrogens is 3. The van der Waals surface area contributed by atoms with Crippen molar-refractivity contribution in [2.75, 3.05) is 30.6 Å². The lowest BCUT2D eigenvalue weighted by molar-refractivity contribution is -0.148. The quantitative estimate of drug-likeness (QED) is 0.00937. The van der Waals surface area contributed by atoms with Crippen LogP contribution in [-0.2, 0) is 65.1 Å². The van der Waals surface area contributed by atoms with Crippen LogP contribution in [0.1, 0.15) is 77.0 Å². The summed E-state index contributed by atoms with van der Waals surface area (Å²) in [4.78, 5) is 132. The minimum atomic E-state index is -5.79. The molecule has 5 rings (SSSR count). The molecule has 438 valence electrons. The molecule has 3 saturated heterocycles. The number of ether oxygens (including phenoxy) is 2. The van der Waals surface area contributed by atoms with E-state index >= 15 is 0 Å². The Kier molecular flexibility index (Phi) is 23.2. The van der Waals surface area contributed by atoms with Gasteiger partial charge in [-0.05, 0) is 39.5 Å². The topological polar surface area (TPSA) is 496 Å². The van der Waals surface area contributed by atoms with Crippen molar-refractivity contribution in [1.82, 2.24) is 41.1 Å². The largest absolute Gasteiger partial charge is 0.490 e. The lowest BCUT2D eigenvalue weighted by atomic mass is 9.98. The number of carboxylic acid groups (broad SMARTS) is 3. The van der Waals surface area contributed by atoms with Crippen LogP contribution in [-0.4, -0.2) is 174 Å². The number of anilines is 1. The number of nitrogens with two attached hydrogens (primary N) is 1. The Morgan fingerprint density at radius 3 is 2.32 bits per heavy atom. The van der Waals surface area contributed by atoms with E-state index in [1.54, 1.807) is 11.8 Å². The predicted octanol–water partition coefficient (Wildman–Crippen LogP) is 0.651. The van der Waals surface area contributed by atoms with Gasteiger partial charge in [0.2, 0.25) is 17.7 Å². The van der Waals surface area contributed by atoms with Crippen LogP contribution in [0.2, 0.25) is 0 Å². The first-order valence-corrected chi connectivity index (χ1v) is 31.2.